The first-order chi connectivity index (χ1) is 14.0. The predicted molar refractivity (Wildman–Crippen MR) is 118 cm³/mol. The van der Waals surface area contributed by atoms with E-state index in [1.807, 2.05) is 0 Å². The number of hydrogen-bond acceptors (Lipinski definition) is 6. The molecule has 0 amide bonds. The number of aryl methyl sites for hydroxylation is 2. The van der Waals surface area contributed by atoms with Gasteiger partial charge >= 0.3 is 5.97 Å². The van der Waals surface area contributed by atoms with Crippen molar-refractivity contribution in [3.05, 3.63) is 69.8 Å². The van der Waals surface area contributed by atoms with Gasteiger partial charge in [-0.05, 0) is 48.7 Å². The molecule has 146 valence electrons. The topological polar surface area (TPSA) is 64.1 Å². The second kappa shape index (κ2) is 7.81. The number of rotatable bonds is 4. The first kappa shape index (κ1) is 19.4. The molecule has 0 aliphatic rings. The highest BCUT2D eigenvalue weighted by Crippen LogP contribution is 2.38. The minimum absolute atomic E-state index is 0.407. The summed E-state index contributed by atoms with van der Waals surface area (Å²) in [5.41, 5.74) is 5.61. The number of methoxy groups -OCH3 is 1. The number of aromatic nitrogens is 2. The van der Waals surface area contributed by atoms with E-state index in [0.717, 1.165) is 21.3 Å². The van der Waals surface area contributed by atoms with Crippen LogP contribution in [0.2, 0.25) is 5.02 Å². The molecule has 0 spiro atoms. The van der Waals surface area contributed by atoms with Crippen LogP contribution in [0.5, 0.6) is 0 Å². The van der Waals surface area contributed by atoms with Crippen LogP contribution in [0.3, 0.4) is 0 Å². The van der Waals surface area contributed by atoms with E-state index in [1.165, 1.54) is 24.6 Å². The maximum atomic E-state index is 11.9. The molecule has 0 saturated heterocycles. The smallest absolute Gasteiger partial charge is 0.337 e. The second-order valence-electron chi connectivity index (χ2n) is 6.66. The summed E-state index contributed by atoms with van der Waals surface area (Å²) in [6.45, 7) is 4.19. The van der Waals surface area contributed by atoms with Gasteiger partial charge in [-0.1, -0.05) is 29.8 Å². The fourth-order valence-electron chi connectivity index (χ4n) is 3.08. The third kappa shape index (κ3) is 3.69. The zero-order valence-electron chi connectivity index (χ0n) is 16.1. The Labute approximate surface area is 177 Å². The maximum Gasteiger partial charge on any atom is 0.337 e. The highest BCUT2D eigenvalue weighted by Gasteiger charge is 2.16. The monoisotopic (exact) mass is 423 g/mol. The largest absolute Gasteiger partial charge is 0.465 e. The molecule has 4 aromatic rings. The van der Waals surface area contributed by atoms with Crippen molar-refractivity contribution in [3.63, 3.8) is 0 Å². The summed E-state index contributed by atoms with van der Waals surface area (Å²) >= 11 is 7.92. The molecule has 0 aliphatic carbocycles. The summed E-state index contributed by atoms with van der Waals surface area (Å²) in [7, 11) is 1.35. The number of ether oxygens (including phenoxy) is 1. The zero-order chi connectivity index (χ0) is 20.5. The number of benzene rings is 2. The minimum atomic E-state index is -0.427. The second-order valence-corrected chi connectivity index (χ2v) is 7.93. The lowest BCUT2D eigenvalue weighted by Crippen LogP contribution is -2.03. The number of carbonyl (C=O) groups is 1. The van der Waals surface area contributed by atoms with Crippen molar-refractivity contribution in [2.45, 2.75) is 13.8 Å². The van der Waals surface area contributed by atoms with Gasteiger partial charge in [0, 0.05) is 10.9 Å². The van der Waals surface area contributed by atoms with Gasteiger partial charge in [0.25, 0.3) is 0 Å². The molecule has 29 heavy (non-hydrogen) atoms. The zero-order valence-corrected chi connectivity index (χ0v) is 17.7. The lowest BCUT2D eigenvalue weighted by molar-refractivity contribution is 0.0601. The summed E-state index contributed by atoms with van der Waals surface area (Å²) in [4.78, 5) is 21.6. The van der Waals surface area contributed by atoms with Crippen molar-refractivity contribution < 1.29 is 9.53 Å². The van der Waals surface area contributed by atoms with Gasteiger partial charge in [-0.25, -0.2) is 14.8 Å². The van der Waals surface area contributed by atoms with Crippen molar-refractivity contribution in [2.75, 3.05) is 12.4 Å². The van der Waals surface area contributed by atoms with Crippen molar-refractivity contribution in [2.24, 2.45) is 0 Å². The van der Waals surface area contributed by atoms with Gasteiger partial charge in [0.15, 0.2) is 0 Å². The third-order valence-corrected chi connectivity index (χ3v) is 6.04. The molecule has 2 heterocycles. The summed E-state index contributed by atoms with van der Waals surface area (Å²) < 4.78 is 4.80. The number of carbonyl (C=O) groups excluding carboxylic acids is 1. The van der Waals surface area contributed by atoms with Crippen LogP contribution in [-0.4, -0.2) is 23.0 Å². The molecule has 0 unspecified atom stereocenters. The standard InChI is InChI=1S/C22H18ClN3O2S/c1-12-4-5-14(8-13(12)2)16-10-29-21-19(16)20(24-11-25-21)26-18-9-15(22(27)28-3)6-7-17(18)23/h4-11H,1-3H3,(H,24,25,26). The van der Waals surface area contributed by atoms with E-state index >= 15 is 0 Å². The fraction of sp³-hybridized carbons (Fsp3) is 0.136. The molecule has 7 heteroatoms. The number of esters is 1. The van der Waals surface area contributed by atoms with Gasteiger partial charge in [-0.2, -0.15) is 0 Å². The normalized spacial score (nSPS) is 10.9. The van der Waals surface area contributed by atoms with Crippen LogP contribution in [0.1, 0.15) is 21.5 Å². The molecule has 2 aromatic carbocycles. The van der Waals surface area contributed by atoms with Gasteiger partial charge in [0.2, 0.25) is 0 Å². The number of anilines is 2. The molecule has 1 N–H and O–H groups in total. The average molecular weight is 424 g/mol. The van der Waals surface area contributed by atoms with E-state index in [4.69, 9.17) is 16.3 Å². The Morgan fingerprint density at radius 2 is 1.93 bits per heavy atom. The number of thiophene rings is 1. The van der Waals surface area contributed by atoms with Crippen molar-refractivity contribution in [3.8, 4) is 11.1 Å². The predicted octanol–water partition coefficient (Wildman–Crippen LogP) is 6.16. The van der Waals surface area contributed by atoms with Crippen LogP contribution in [0.25, 0.3) is 21.3 Å². The van der Waals surface area contributed by atoms with Crippen LogP contribution in [0, 0.1) is 13.8 Å². The van der Waals surface area contributed by atoms with E-state index in [-0.39, 0.29) is 0 Å². The molecule has 4 rings (SSSR count). The van der Waals surface area contributed by atoms with Crippen molar-refractivity contribution in [1.82, 2.24) is 9.97 Å². The molecule has 0 saturated carbocycles. The number of hydrogen-bond donors (Lipinski definition) is 1. The Balaban J connectivity index is 1.82. The van der Waals surface area contributed by atoms with Crippen LogP contribution in [-0.2, 0) is 4.74 Å². The number of halogens is 1. The third-order valence-electron chi connectivity index (χ3n) is 4.83. The Morgan fingerprint density at radius 3 is 2.69 bits per heavy atom. The van der Waals surface area contributed by atoms with E-state index in [1.54, 1.807) is 29.5 Å². The molecule has 0 aliphatic heterocycles. The summed E-state index contributed by atoms with van der Waals surface area (Å²) in [5, 5.41) is 6.75. The van der Waals surface area contributed by atoms with Gasteiger partial charge in [0.1, 0.15) is 17.0 Å². The van der Waals surface area contributed by atoms with Crippen LogP contribution >= 0.6 is 22.9 Å². The number of nitrogens with one attached hydrogen (secondary N) is 1. The Kier molecular flexibility index (Phi) is 5.22. The number of fused-ring (bicyclic) bond motifs is 1. The average Bonchev–Trinajstić information content (AvgIpc) is 3.16. The van der Waals surface area contributed by atoms with Crippen molar-refractivity contribution in [1.29, 1.82) is 0 Å². The van der Waals surface area contributed by atoms with Gasteiger partial charge in [-0.3, -0.25) is 0 Å². The van der Waals surface area contributed by atoms with E-state index in [9.17, 15) is 4.79 Å². The number of nitrogens with zero attached hydrogens (tertiary/aromatic N) is 2. The van der Waals surface area contributed by atoms with Crippen LogP contribution in [0.4, 0.5) is 11.5 Å². The Hall–Kier alpha value is -2.96. The molecule has 2 aromatic heterocycles. The van der Waals surface area contributed by atoms with Gasteiger partial charge < -0.3 is 10.1 Å². The highest BCUT2D eigenvalue weighted by molar-refractivity contribution is 7.17. The van der Waals surface area contributed by atoms with E-state index in [0.29, 0.717) is 22.1 Å². The minimum Gasteiger partial charge on any atom is -0.465 e. The summed E-state index contributed by atoms with van der Waals surface area (Å²) in [5.74, 6) is 0.206. The quantitative estimate of drug-likeness (QED) is 0.398. The Bertz CT molecular complexity index is 1240. The van der Waals surface area contributed by atoms with Crippen LogP contribution in [0.15, 0.2) is 48.1 Å². The fourth-order valence-corrected chi connectivity index (χ4v) is 4.17. The van der Waals surface area contributed by atoms with E-state index < -0.39 is 5.97 Å². The molecule has 0 bridgehead atoms. The first-order valence-electron chi connectivity index (χ1n) is 8.92. The van der Waals surface area contributed by atoms with Crippen LogP contribution < -0.4 is 5.32 Å². The molecule has 0 atom stereocenters. The summed E-state index contributed by atoms with van der Waals surface area (Å²) in [6, 6.07) is 11.3. The van der Waals surface area contributed by atoms with Crippen molar-refractivity contribution >= 4 is 50.6 Å². The molecule has 0 fully saturated rings. The SMILES string of the molecule is COC(=O)c1ccc(Cl)c(Nc2ncnc3scc(-c4ccc(C)c(C)c4)c23)c1. The highest BCUT2D eigenvalue weighted by atomic mass is 35.5. The molecular weight excluding hydrogens is 406 g/mol. The Morgan fingerprint density at radius 1 is 1.10 bits per heavy atom. The molecule has 0 radical (unpaired) electrons. The molecular formula is C22H18ClN3O2S. The van der Waals surface area contributed by atoms with Gasteiger partial charge in [-0.15, -0.1) is 11.3 Å². The lowest BCUT2D eigenvalue weighted by Gasteiger charge is -2.11. The maximum absolute atomic E-state index is 11.9. The molecule has 5 nitrogen and oxygen atoms in total. The first-order valence-corrected chi connectivity index (χ1v) is 10.2. The van der Waals surface area contributed by atoms with Gasteiger partial charge in [0.05, 0.1) is 28.8 Å². The summed E-state index contributed by atoms with van der Waals surface area (Å²) in [6.07, 6.45) is 1.52. The lowest BCUT2D eigenvalue weighted by atomic mass is 10.0. The van der Waals surface area contributed by atoms with E-state index in [2.05, 4.69) is 52.7 Å².